The Morgan fingerprint density at radius 3 is 2.56 bits per heavy atom. The molecule has 27 heavy (non-hydrogen) atoms. The number of carbonyl (C=O) groups excluding carboxylic acids is 1. The molecule has 0 radical (unpaired) electrons. The van der Waals surface area contributed by atoms with Gasteiger partial charge in [0.1, 0.15) is 5.60 Å². The number of rotatable bonds is 8. The van der Waals surface area contributed by atoms with Crippen molar-refractivity contribution in [3.63, 3.8) is 0 Å². The maximum atomic E-state index is 12.2. The molecule has 8 heteroatoms. The van der Waals surface area contributed by atoms with Crippen LogP contribution in [0.4, 0.5) is 4.79 Å². The Kier molecular flexibility index (Phi) is 7.20. The second kappa shape index (κ2) is 9.38. The maximum Gasteiger partial charge on any atom is 0.408 e. The largest absolute Gasteiger partial charge is 0.444 e. The molecule has 0 aliphatic rings. The number of alkyl carbamates (subject to hydrolysis) is 1. The molecule has 0 spiro atoms. The number of aliphatic hydroxyl groups excluding tert-OH is 1. The zero-order chi connectivity index (χ0) is 19.9. The van der Waals surface area contributed by atoms with Crippen molar-refractivity contribution in [2.45, 2.75) is 45.4 Å². The minimum absolute atomic E-state index is 0.125. The molecule has 8 nitrogen and oxygen atoms in total. The summed E-state index contributed by atoms with van der Waals surface area (Å²) in [6.07, 6.45) is -0.452. The number of hydrogen-bond acceptors (Lipinski definition) is 5. The summed E-state index contributed by atoms with van der Waals surface area (Å²) in [7, 11) is 0. The van der Waals surface area contributed by atoms with Gasteiger partial charge in [-0.1, -0.05) is 30.3 Å². The highest BCUT2D eigenvalue weighted by Crippen LogP contribution is 2.16. The fraction of sp³-hybridized carbons (Fsp3) is 0.474. The van der Waals surface area contributed by atoms with Gasteiger partial charge in [-0.2, -0.15) is 0 Å². The number of hydrogen-bond donors (Lipinski definition) is 4. The van der Waals surface area contributed by atoms with Gasteiger partial charge in [0, 0.05) is 18.6 Å². The zero-order valence-electron chi connectivity index (χ0n) is 15.9. The Balaban J connectivity index is 2.13. The van der Waals surface area contributed by atoms with E-state index in [1.807, 2.05) is 30.3 Å². The van der Waals surface area contributed by atoms with Crippen LogP contribution in [0.2, 0.25) is 0 Å². The van der Waals surface area contributed by atoms with Crippen molar-refractivity contribution >= 4 is 6.09 Å². The highest BCUT2D eigenvalue weighted by Gasteiger charge is 2.24. The van der Waals surface area contributed by atoms with Gasteiger partial charge in [-0.3, -0.25) is 15.0 Å². The van der Waals surface area contributed by atoms with Gasteiger partial charge in [0.25, 0.3) is 5.56 Å². The molecule has 0 aliphatic carbocycles. The van der Waals surface area contributed by atoms with Crippen molar-refractivity contribution in [1.82, 2.24) is 15.5 Å². The monoisotopic (exact) mass is 377 g/mol. The molecular formula is C19H27N3O5. The summed E-state index contributed by atoms with van der Waals surface area (Å²) in [5, 5.41) is 17.2. The fourth-order valence-corrected chi connectivity index (χ4v) is 2.57. The first-order valence-corrected chi connectivity index (χ1v) is 8.81. The third-order valence-electron chi connectivity index (χ3n) is 3.71. The summed E-state index contributed by atoms with van der Waals surface area (Å²) in [4.78, 5) is 24.2. The van der Waals surface area contributed by atoms with Crippen molar-refractivity contribution in [2.24, 2.45) is 0 Å². The second-order valence-corrected chi connectivity index (χ2v) is 7.14. The molecule has 0 bridgehead atoms. The van der Waals surface area contributed by atoms with Crippen LogP contribution in [-0.2, 0) is 22.5 Å². The van der Waals surface area contributed by atoms with E-state index in [9.17, 15) is 14.7 Å². The van der Waals surface area contributed by atoms with E-state index in [4.69, 9.17) is 9.47 Å². The molecule has 0 fully saturated rings. The molecule has 0 saturated heterocycles. The summed E-state index contributed by atoms with van der Waals surface area (Å²) < 4.78 is 11.0. The third-order valence-corrected chi connectivity index (χ3v) is 3.71. The van der Waals surface area contributed by atoms with Crippen molar-refractivity contribution in [1.29, 1.82) is 0 Å². The Hall–Kier alpha value is -2.58. The summed E-state index contributed by atoms with van der Waals surface area (Å²) >= 11 is 0. The average molecular weight is 377 g/mol. The predicted octanol–water partition coefficient (Wildman–Crippen LogP) is 2.02. The summed E-state index contributed by atoms with van der Waals surface area (Å²) in [5.74, 6) is 0. The standard InChI is InChI=1S/C19H27N3O5/c1-19(2,3)27-18(25)20-15(12-26-11-13-7-5-4-6-8-13)16-14(9-10-23)17(24)22-21-16/h4-8,15,23H,9-12H2,1-3H3,(H,20,25)(H2,21,22,24)/t15-/m1/s1. The van der Waals surface area contributed by atoms with Crippen LogP contribution in [0.15, 0.2) is 35.1 Å². The van der Waals surface area contributed by atoms with E-state index >= 15 is 0 Å². The minimum atomic E-state index is -0.654. The summed E-state index contributed by atoms with van der Waals surface area (Å²) in [6, 6.07) is 8.99. The molecule has 1 aromatic heterocycles. The molecule has 148 valence electrons. The Morgan fingerprint density at radius 2 is 1.93 bits per heavy atom. The van der Waals surface area contributed by atoms with Crippen LogP contribution in [0.3, 0.4) is 0 Å². The van der Waals surface area contributed by atoms with Crippen LogP contribution >= 0.6 is 0 Å². The molecule has 0 aliphatic heterocycles. The molecule has 0 saturated carbocycles. The van der Waals surface area contributed by atoms with Crippen molar-refractivity contribution in [3.05, 3.63) is 57.5 Å². The first-order chi connectivity index (χ1) is 12.8. The quantitative estimate of drug-likeness (QED) is 0.562. The Morgan fingerprint density at radius 1 is 1.22 bits per heavy atom. The Labute approximate surface area is 157 Å². The van der Waals surface area contributed by atoms with Gasteiger partial charge >= 0.3 is 6.09 Å². The van der Waals surface area contributed by atoms with Gasteiger partial charge in [-0.15, -0.1) is 0 Å². The van der Waals surface area contributed by atoms with Crippen molar-refractivity contribution in [2.75, 3.05) is 13.2 Å². The normalized spacial score (nSPS) is 12.6. The number of amides is 1. The number of aromatic nitrogens is 2. The molecule has 1 atom stereocenters. The number of aromatic amines is 2. The maximum absolute atomic E-state index is 12.2. The van der Waals surface area contributed by atoms with E-state index in [0.717, 1.165) is 5.56 Å². The number of aliphatic hydroxyl groups is 1. The third kappa shape index (κ3) is 6.58. The summed E-state index contributed by atoms with van der Waals surface area (Å²) in [6.45, 7) is 5.60. The van der Waals surface area contributed by atoms with Crippen molar-refractivity contribution in [3.8, 4) is 0 Å². The van der Waals surface area contributed by atoms with Gasteiger partial charge in [-0.05, 0) is 26.3 Å². The van der Waals surface area contributed by atoms with E-state index < -0.39 is 17.7 Å². The lowest BCUT2D eigenvalue weighted by Gasteiger charge is -2.23. The van der Waals surface area contributed by atoms with E-state index in [0.29, 0.717) is 17.9 Å². The number of carbonyl (C=O) groups is 1. The van der Waals surface area contributed by atoms with Gasteiger partial charge in [0.15, 0.2) is 0 Å². The number of benzene rings is 1. The smallest absolute Gasteiger partial charge is 0.408 e. The van der Waals surface area contributed by atoms with E-state index in [1.165, 1.54) is 0 Å². The topological polar surface area (TPSA) is 116 Å². The molecule has 1 amide bonds. The second-order valence-electron chi connectivity index (χ2n) is 7.14. The van der Waals surface area contributed by atoms with Crippen LogP contribution in [-0.4, -0.2) is 40.2 Å². The first kappa shape index (κ1) is 20.7. The lowest BCUT2D eigenvalue weighted by Crippen LogP contribution is -2.37. The molecular weight excluding hydrogens is 350 g/mol. The molecule has 1 aromatic carbocycles. The van der Waals surface area contributed by atoms with E-state index in [-0.39, 0.29) is 25.2 Å². The highest BCUT2D eigenvalue weighted by atomic mass is 16.6. The molecule has 0 unspecified atom stereocenters. The fourth-order valence-electron chi connectivity index (χ4n) is 2.57. The van der Waals surface area contributed by atoms with E-state index in [2.05, 4.69) is 15.5 Å². The van der Waals surface area contributed by atoms with E-state index in [1.54, 1.807) is 20.8 Å². The molecule has 4 N–H and O–H groups in total. The molecule has 1 heterocycles. The van der Waals surface area contributed by atoms with Gasteiger partial charge in [0.05, 0.1) is 24.9 Å². The van der Waals surface area contributed by atoms with Gasteiger partial charge < -0.3 is 19.9 Å². The average Bonchev–Trinajstić information content (AvgIpc) is 2.94. The molecule has 2 aromatic rings. The molecule has 2 rings (SSSR count). The predicted molar refractivity (Wildman–Crippen MR) is 100 cm³/mol. The first-order valence-electron chi connectivity index (χ1n) is 8.81. The number of nitrogens with one attached hydrogen (secondary N) is 3. The summed E-state index contributed by atoms with van der Waals surface area (Å²) in [5.41, 5.74) is 0.846. The van der Waals surface area contributed by atoms with Crippen LogP contribution in [0.5, 0.6) is 0 Å². The zero-order valence-corrected chi connectivity index (χ0v) is 15.9. The van der Waals surface area contributed by atoms with Crippen LogP contribution in [0.25, 0.3) is 0 Å². The SMILES string of the molecule is CC(C)(C)OC(=O)N[C@H](COCc1ccccc1)c1[nH][nH]c(=O)c1CCO. The van der Waals surface area contributed by atoms with Crippen LogP contribution in [0, 0.1) is 0 Å². The Bertz CT molecular complexity index is 777. The number of ether oxygens (including phenoxy) is 2. The van der Waals surface area contributed by atoms with Gasteiger partial charge in [-0.25, -0.2) is 4.79 Å². The van der Waals surface area contributed by atoms with Crippen LogP contribution < -0.4 is 10.9 Å². The van der Waals surface area contributed by atoms with Gasteiger partial charge in [0.2, 0.25) is 0 Å². The lowest BCUT2D eigenvalue weighted by atomic mass is 10.1. The highest BCUT2D eigenvalue weighted by molar-refractivity contribution is 5.68. The lowest BCUT2D eigenvalue weighted by molar-refractivity contribution is 0.0423. The number of H-pyrrole nitrogens is 2. The van der Waals surface area contributed by atoms with Crippen LogP contribution in [0.1, 0.15) is 43.6 Å². The van der Waals surface area contributed by atoms with Crippen molar-refractivity contribution < 1.29 is 19.4 Å². The minimum Gasteiger partial charge on any atom is -0.444 e.